The smallest absolute Gasteiger partial charge is 0.407 e. The van der Waals surface area contributed by atoms with Crippen molar-refractivity contribution in [1.29, 1.82) is 0 Å². The van der Waals surface area contributed by atoms with Crippen LogP contribution in [0, 0.1) is 0 Å². The third-order valence-electron chi connectivity index (χ3n) is 8.19. The zero-order chi connectivity index (χ0) is 29.0. The van der Waals surface area contributed by atoms with E-state index in [9.17, 15) is 4.79 Å². The Hall–Kier alpha value is -0.990. The van der Waals surface area contributed by atoms with Crippen molar-refractivity contribution in [3.05, 3.63) is 12.2 Å². The van der Waals surface area contributed by atoms with Gasteiger partial charge in [-0.05, 0) is 38.5 Å². The average molecular weight is 564 g/mol. The summed E-state index contributed by atoms with van der Waals surface area (Å²) in [5.41, 5.74) is 0. The van der Waals surface area contributed by atoms with E-state index in [1.54, 1.807) is 0 Å². The van der Waals surface area contributed by atoms with Crippen molar-refractivity contribution < 1.29 is 9.53 Å². The maximum Gasteiger partial charge on any atom is 0.407 e. The van der Waals surface area contributed by atoms with Gasteiger partial charge in [-0.2, -0.15) is 0 Å². The summed E-state index contributed by atoms with van der Waals surface area (Å²) in [6, 6.07) is 0. The highest BCUT2D eigenvalue weighted by atomic mass is 16.5. The second kappa shape index (κ2) is 36.0. The molecule has 0 aromatic heterocycles. The van der Waals surface area contributed by atoms with Crippen LogP contribution in [-0.4, -0.2) is 19.2 Å². The van der Waals surface area contributed by atoms with Gasteiger partial charge in [0.1, 0.15) is 0 Å². The summed E-state index contributed by atoms with van der Waals surface area (Å²) in [7, 11) is 0. The molecule has 0 aliphatic heterocycles. The molecule has 0 aliphatic carbocycles. The molecule has 0 radical (unpaired) electrons. The van der Waals surface area contributed by atoms with Crippen molar-refractivity contribution in [2.75, 3.05) is 13.2 Å². The first-order valence-corrected chi connectivity index (χ1v) is 18.4. The van der Waals surface area contributed by atoms with Gasteiger partial charge in [-0.3, -0.25) is 0 Å². The van der Waals surface area contributed by atoms with E-state index in [0.717, 1.165) is 19.4 Å². The van der Waals surface area contributed by atoms with Crippen LogP contribution in [0.15, 0.2) is 12.2 Å². The van der Waals surface area contributed by atoms with Crippen LogP contribution >= 0.6 is 0 Å². The van der Waals surface area contributed by atoms with Crippen molar-refractivity contribution >= 4 is 6.09 Å². The molecule has 0 heterocycles. The Kier molecular flexibility index (Phi) is 35.1. The number of carbonyl (C=O) groups is 1. The molecule has 0 bridgehead atoms. The quantitative estimate of drug-likeness (QED) is 0.0637. The Labute approximate surface area is 252 Å². The highest BCUT2D eigenvalue weighted by Crippen LogP contribution is 2.14. The largest absolute Gasteiger partial charge is 0.450 e. The molecule has 0 aliphatic rings. The van der Waals surface area contributed by atoms with E-state index in [0.29, 0.717) is 6.61 Å². The van der Waals surface area contributed by atoms with Gasteiger partial charge < -0.3 is 10.1 Å². The molecule has 0 saturated heterocycles. The first-order valence-electron chi connectivity index (χ1n) is 18.4. The van der Waals surface area contributed by atoms with Gasteiger partial charge in [0.2, 0.25) is 0 Å². The maximum atomic E-state index is 11.8. The van der Waals surface area contributed by atoms with E-state index in [1.165, 1.54) is 180 Å². The first-order chi connectivity index (χ1) is 19.8. The fourth-order valence-electron chi connectivity index (χ4n) is 5.43. The molecule has 1 amide bonds. The van der Waals surface area contributed by atoms with E-state index >= 15 is 0 Å². The number of hydrogen-bond acceptors (Lipinski definition) is 2. The molecule has 238 valence electrons. The number of unbranched alkanes of at least 4 members (excludes halogenated alkanes) is 27. The molecule has 0 fully saturated rings. The van der Waals surface area contributed by atoms with E-state index in [-0.39, 0.29) is 6.09 Å². The highest BCUT2D eigenvalue weighted by molar-refractivity contribution is 5.66. The van der Waals surface area contributed by atoms with Crippen LogP contribution in [0.25, 0.3) is 0 Å². The Morgan fingerprint density at radius 1 is 0.450 bits per heavy atom. The summed E-state index contributed by atoms with van der Waals surface area (Å²) in [4.78, 5) is 11.8. The highest BCUT2D eigenvalue weighted by Gasteiger charge is 2.01. The lowest BCUT2D eigenvalue weighted by atomic mass is 10.0. The molecule has 0 aromatic rings. The van der Waals surface area contributed by atoms with Gasteiger partial charge in [-0.1, -0.05) is 180 Å². The van der Waals surface area contributed by atoms with Gasteiger partial charge in [-0.25, -0.2) is 4.79 Å². The van der Waals surface area contributed by atoms with E-state index in [4.69, 9.17) is 4.74 Å². The lowest BCUT2D eigenvalue weighted by Crippen LogP contribution is -2.25. The molecule has 40 heavy (non-hydrogen) atoms. The van der Waals surface area contributed by atoms with Gasteiger partial charge in [0.05, 0.1) is 6.61 Å². The van der Waals surface area contributed by atoms with Gasteiger partial charge >= 0.3 is 6.09 Å². The van der Waals surface area contributed by atoms with E-state index in [2.05, 4.69) is 31.3 Å². The fraction of sp³-hybridized carbons (Fsp3) is 0.919. The Bertz CT molecular complexity index is 504. The third-order valence-corrected chi connectivity index (χ3v) is 8.19. The molecule has 3 heteroatoms. The number of carbonyl (C=O) groups excluding carboxylic acids is 1. The molecule has 0 spiro atoms. The Morgan fingerprint density at radius 3 is 1.18 bits per heavy atom. The summed E-state index contributed by atoms with van der Waals surface area (Å²) in [5.74, 6) is 0. The zero-order valence-electron chi connectivity index (χ0n) is 27.6. The number of alkyl carbamates (subject to hydrolysis) is 1. The second-order valence-electron chi connectivity index (χ2n) is 12.3. The first kappa shape index (κ1) is 39.0. The Balaban J connectivity index is 3.18. The van der Waals surface area contributed by atoms with Crippen LogP contribution in [-0.2, 0) is 4.74 Å². The molecule has 1 N–H and O–H groups in total. The number of allylic oxidation sites excluding steroid dienone is 2. The van der Waals surface area contributed by atoms with Gasteiger partial charge in [-0.15, -0.1) is 0 Å². The summed E-state index contributed by atoms with van der Waals surface area (Å²) in [6.45, 7) is 5.88. The number of hydrogen-bond donors (Lipinski definition) is 1. The summed E-state index contributed by atoms with van der Waals surface area (Å²) >= 11 is 0. The third kappa shape index (κ3) is 35.0. The Morgan fingerprint density at radius 2 is 0.775 bits per heavy atom. The average Bonchev–Trinajstić information content (AvgIpc) is 2.96. The monoisotopic (exact) mass is 564 g/mol. The van der Waals surface area contributed by atoms with E-state index < -0.39 is 0 Å². The maximum absolute atomic E-state index is 11.8. The van der Waals surface area contributed by atoms with Crippen molar-refractivity contribution in [1.82, 2.24) is 5.32 Å². The minimum atomic E-state index is -0.228. The zero-order valence-corrected chi connectivity index (χ0v) is 27.6. The van der Waals surface area contributed by atoms with Crippen LogP contribution in [0.5, 0.6) is 0 Å². The second-order valence-corrected chi connectivity index (χ2v) is 12.3. The molecular formula is C37H73NO2. The van der Waals surface area contributed by atoms with Crippen molar-refractivity contribution in [3.63, 3.8) is 0 Å². The summed E-state index contributed by atoms with van der Waals surface area (Å²) < 4.78 is 5.33. The molecule has 0 saturated carbocycles. The normalized spacial score (nSPS) is 11.4. The lowest BCUT2D eigenvalue weighted by molar-refractivity contribution is 0.143. The lowest BCUT2D eigenvalue weighted by Gasteiger charge is -2.07. The number of ether oxygens (including phenoxy) is 1. The number of rotatable bonds is 33. The van der Waals surface area contributed by atoms with Gasteiger partial charge in [0.15, 0.2) is 0 Å². The fourth-order valence-corrected chi connectivity index (χ4v) is 5.43. The minimum absolute atomic E-state index is 0.228. The number of amides is 1. The molecule has 0 unspecified atom stereocenters. The summed E-state index contributed by atoms with van der Waals surface area (Å²) in [6.07, 6.45) is 44.7. The SMILES string of the molecule is CCCCCCCC/C=C\CCCCCCCCOC(=O)NCCCCCCCCCCCCCCCCCC. The van der Waals surface area contributed by atoms with E-state index in [1.807, 2.05) is 0 Å². The van der Waals surface area contributed by atoms with Gasteiger partial charge in [0.25, 0.3) is 0 Å². The standard InChI is InChI=1S/C37H73NO2/c1-3-5-7-9-11-13-15-17-19-21-23-25-27-29-31-33-35-38-37(39)40-36-34-32-30-28-26-24-22-20-18-16-14-12-10-8-6-4-2/h18,20H,3-17,19,21-36H2,1-2H3,(H,38,39)/b20-18-. The topological polar surface area (TPSA) is 38.3 Å². The molecule has 0 atom stereocenters. The van der Waals surface area contributed by atoms with Crippen LogP contribution in [0.1, 0.15) is 206 Å². The van der Waals surface area contributed by atoms with Crippen LogP contribution in [0.2, 0.25) is 0 Å². The molecule has 0 aromatic carbocycles. The molecular weight excluding hydrogens is 490 g/mol. The summed E-state index contributed by atoms with van der Waals surface area (Å²) in [5, 5.41) is 2.92. The van der Waals surface area contributed by atoms with Gasteiger partial charge in [0, 0.05) is 6.54 Å². The van der Waals surface area contributed by atoms with Crippen LogP contribution in [0.3, 0.4) is 0 Å². The predicted octanol–water partition coefficient (Wildman–Crippen LogP) is 13.0. The minimum Gasteiger partial charge on any atom is -0.450 e. The van der Waals surface area contributed by atoms with Crippen molar-refractivity contribution in [2.24, 2.45) is 0 Å². The molecule has 0 rings (SSSR count). The van der Waals surface area contributed by atoms with Crippen molar-refractivity contribution in [3.8, 4) is 0 Å². The predicted molar refractivity (Wildman–Crippen MR) is 178 cm³/mol. The number of nitrogens with one attached hydrogen (secondary N) is 1. The van der Waals surface area contributed by atoms with Crippen molar-refractivity contribution in [2.45, 2.75) is 206 Å². The molecule has 3 nitrogen and oxygen atoms in total. The van der Waals surface area contributed by atoms with Crippen LogP contribution in [0.4, 0.5) is 4.79 Å². The van der Waals surface area contributed by atoms with Crippen LogP contribution < -0.4 is 5.32 Å².